The predicted molar refractivity (Wildman–Crippen MR) is 266 cm³/mol. The lowest BCUT2D eigenvalue weighted by atomic mass is 9.66. The average molecular weight is 833 g/mol. The van der Waals surface area contributed by atoms with E-state index >= 15 is 0 Å². The van der Waals surface area contributed by atoms with Crippen LogP contribution in [0.3, 0.4) is 0 Å². The van der Waals surface area contributed by atoms with Gasteiger partial charge in [0, 0.05) is 49.8 Å². The van der Waals surface area contributed by atoms with Crippen LogP contribution in [0.25, 0.3) is 83.3 Å². The van der Waals surface area contributed by atoms with E-state index in [1.165, 1.54) is 43.7 Å². The lowest BCUT2D eigenvalue weighted by Gasteiger charge is -2.38. The minimum absolute atomic E-state index is 0.317. The Kier molecular flexibility index (Phi) is 8.34. The van der Waals surface area contributed by atoms with Gasteiger partial charge in [0.05, 0.1) is 39.2 Å². The zero-order chi connectivity index (χ0) is 43.1. The first-order valence-electron chi connectivity index (χ1n) is 22.2. The second kappa shape index (κ2) is 14.6. The van der Waals surface area contributed by atoms with Gasteiger partial charge in [-0.05, 0) is 71.3 Å². The van der Waals surface area contributed by atoms with Gasteiger partial charge in [-0.15, -0.1) is 0 Å². The molecule has 5 heteroatoms. The van der Waals surface area contributed by atoms with Gasteiger partial charge in [0.15, 0.2) is 11.9 Å². The first-order valence-corrected chi connectivity index (χ1v) is 22.2. The fraction of sp³-hybridized carbons (Fsp3) is 0.0500. The molecular weight excluding hydrogens is 793 g/mol. The normalized spacial score (nSPS) is 16.2. The number of rotatable bonds is 6. The molecule has 0 bridgehead atoms. The maximum Gasteiger partial charge on any atom is 0.160 e. The molecule has 0 fully saturated rings. The largest absolute Gasteiger partial charge is 0.482 e. The van der Waals surface area contributed by atoms with Crippen LogP contribution >= 0.6 is 0 Å². The Balaban J connectivity index is 0.910. The number of benzene rings is 9. The molecule has 5 nitrogen and oxygen atoms in total. The van der Waals surface area contributed by atoms with Gasteiger partial charge in [-0.25, -0.2) is 15.0 Å². The number of nitrogens with zero attached hydrogens (tertiary/aromatic N) is 4. The highest BCUT2D eigenvalue weighted by atomic mass is 16.5. The van der Waals surface area contributed by atoms with Gasteiger partial charge in [-0.1, -0.05) is 176 Å². The van der Waals surface area contributed by atoms with E-state index in [1.54, 1.807) is 0 Å². The minimum Gasteiger partial charge on any atom is -0.482 e. The van der Waals surface area contributed by atoms with Crippen LogP contribution in [0.5, 0.6) is 5.75 Å². The molecule has 306 valence electrons. The molecule has 11 aromatic rings. The summed E-state index contributed by atoms with van der Waals surface area (Å²) >= 11 is 0. The molecule has 0 spiro atoms. The maximum absolute atomic E-state index is 6.96. The van der Waals surface area contributed by atoms with E-state index in [4.69, 9.17) is 19.7 Å². The van der Waals surface area contributed by atoms with E-state index in [-0.39, 0.29) is 6.10 Å². The van der Waals surface area contributed by atoms with E-state index in [0.29, 0.717) is 5.82 Å². The molecule has 0 aliphatic carbocycles. The summed E-state index contributed by atoms with van der Waals surface area (Å²) in [5.74, 6) is 1.57. The Morgan fingerprint density at radius 1 is 0.477 bits per heavy atom. The van der Waals surface area contributed by atoms with Crippen LogP contribution in [0, 0.1) is 0 Å². The van der Waals surface area contributed by atoms with Crippen LogP contribution in [-0.4, -0.2) is 26.4 Å². The van der Waals surface area contributed by atoms with E-state index in [0.717, 1.165) is 67.6 Å². The van der Waals surface area contributed by atoms with Gasteiger partial charge in [-0.3, -0.25) is 0 Å². The number of fused-ring (bicyclic) bond motifs is 9. The molecule has 0 amide bonds. The fourth-order valence-electron chi connectivity index (χ4n) is 10.5. The van der Waals surface area contributed by atoms with E-state index < -0.39 is 5.41 Å². The Morgan fingerprint density at radius 2 is 1.05 bits per heavy atom. The fourth-order valence-corrected chi connectivity index (χ4v) is 10.5. The van der Waals surface area contributed by atoms with Gasteiger partial charge >= 0.3 is 0 Å². The third-order valence-corrected chi connectivity index (χ3v) is 13.6. The monoisotopic (exact) mass is 832 g/mol. The van der Waals surface area contributed by atoms with Crippen molar-refractivity contribution in [1.82, 2.24) is 14.5 Å². The second-order valence-electron chi connectivity index (χ2n) is 17.2. The quantitative estimate of drug-likeness (QED) is 0.168. The predicted octanol–water partition coefficient (Wildman–Crippen LogP) is 14.6. The smallest absolute Gasteiger partial charge is 0.160 e. The molecule has 0 saturated heterocycles. The molecular formula is C60H40N4O. The van der Waals surface area contributed by atoms with Crippen molar-refractivity contribution in [1.29, 1.82) is 0 Å². The number of ether oxygens (including phenoxy) is 1. The zero-order valence-corrected chi connectivity index (χ0v) is 35.6. The summed E-state index contributed by atoms with van der Waals surface area (Å²) < 4.78 is 9.30. The van der Waals surface area contributed by atoms with Gasteiger partial charge < -0.3 is 9.30 Å². The summed E-state index contributed by atoms with van der Waals surface area (Å²) in [5.41, 5.74) is 15.3. The van der Waals surface area contributed by atoms with Crippen LogP contribution in [0.4, 0.5) is 5.69 Å². The zero-order valence-electron chi connectivity index (χ0n) is 35.6. The molecule has 2 atom stereocenters. The highest BCUT2D eigenvalue weighted by Gasteiger charge is 2.53. The summed E-state index contributed by atoms with van der Waals surface area (Å²) in [7, 11) is 0. The lowest BCUT2D eigenvalue weighted by Crippen LogP contribution is -2.45. The molecule has 13 rings (SSSR count). The van der Waals surface area contributed by atoms with E-state index in [2.05, 4.69) is 224 Å². The molecule has 0 saturated carbocycles. The van der Waals surface area contributed by atoms with Crippen molar-refractivity contribution in [3.05, 3.63) is 235 Å². The SMILES string of the molecule is CC12c3ccccc3OC1C(c1cccc3ccccc13)=Nc1cccc(-c3ccc(-c4nc(-c5ccccc5)cc(-c5ccc(-n6c7ccccc7c7ccccc76)cc5)n4)cc3)c12. The lowest BCUT2D eigenvalue weighted by molar-refractivity contribution is 0.243. The van der Waals surface area contributed by atoms with Gasteiger partial charge in [0.2, 0.25) is 0 Å². The molecule has 9 aromatic carbocycles. The average Bonchev–Trinajstić information content (AvgIpc) is 3.88. The van der Waals surface area contributed by atoms with Crippen molar-refractivity contribution in [2.45, 2.75) is 18.4 Å². The Hall–Kier alpha value is -8.41. The summed E-state index contributed by atoms with van der Waals surface area (Å²) in [5, 5.41) is 4.84. The van der Waals surface area contributed by atoms with Crippen LogP contribution in [0.2, 0.25) is 0 Å². The summed E-state index contributed by atoms with van der Waals surface area (Å²) in [6, 6.07) is 77.1. The van der Waals surface area contributed by atoms with Gasteiger partial charge in [-0.2, -0.15) is 0 Å². The summed E-state index contributed by atoms with van der Waals surface area (Å²) in [6.07, 6.45) is -0.317. The molecule has 2 aliphatic heterocycles. The molecule has 2 aliphatic rings. The van der Waals surface area contributed by atoms with Gasteiger partial charge in [0.1, 0.15) is 5.75 Å². The molecule has 4 heterocycles. The molecule has 0 radical (unpaired) electrons. The van der Waals surface area contributed by atoms with Crippen LogP contribution in [0.15, 0.2) is 223 Å². The number of para-hydroxylation sites is 3. The standard InChI is InChI=1S/C60H40N4O/c1-60-49-24-9-12-28-55(49)65-58(60)57(48-23-13-18-38-15-5-6-19-44(38)48)61-50-25-14-22-45(56(50)60)39-29-31-42(32-30-39)59-62-51(40-16-3-2-4-17-40)37-52(63-59)41-33-35-43(36-34-41)64-53-26-10-7-20-46(53)47-21-8-11-27-54(47)64/h2-37,58H,1H3. The van der Waals surface area contributed by atoms with Crippen LogP contribution in [-0.2, 0) is 5.41 Å². The number of hydrogen-bond acceptors (Lipinski definition) is 4. The maximum atomic E-state index is 6.96. The van der Waals surface area contributed by atoms with Gasteiger partial charge in [0.25, 0.3) is 0 Å². The van der Waals surface area contributed by atoms with E-state index in [1.807, 2.05) is 6.07 Å². The van der Waals surface area contributed by atoms with Crippen molar-refractivity contribution in [2.24, 2.45) is 4.99 Å². The first kappa shape index (κ1) is 37.2. The number of hydrogen-bond donors (Lipinski definition) is 0. The molecule has 65 heavy (non-hydrogen) atoms. The molecule has 2 unspecified atom stereocenters. The molecule has 2 aromatic heterocycles. The topological polar surface area (TPSA) is 52.3 Å². The first-order chi connectivity index (χ1) is 32.1. The third-order valence-electron chi connectivity index (χ3n) is 13.6. The Bertz CT molecular complexity index is 3640. The van der Waals surface area contributed by atoms with Crippen molar-refractivity contribution >= 4 is 44.0 Å². The molecule has 0 N–H and O–H groups in total. The van der Waals surface area contributed by atoms with E-state index in [9.17, 15) is 0 Å². The van der Waals surface area contributed by atoms with Crippen molar-refractivity contribution in [3.8, 4) is 56.5 Å². The summed E-state index contributed by atoms with van der Waals surface area (Å²) in [4.78, 5) is 15.9. The summed E-state index contributed by atoms with van der Waals surface area (Å²) in [6.45, 7) is 2.33. The number of aliphatic imine (C=N–C) groups is 1. The van der Waals surface area contributed by atoms with Crippen molar-refractivity contribution < 1.29 is 4.74 Å². The van der Waals surface area contributed by atoms with Crippen molar-refractivity contribution in [3.63, 3.8) is 0 Å². The second-order valence-corrected chi connectivity index (χ2v) is 17.2. The Morgan fingerprint density at radius 3 is 1.80 bits per heavy atom. The number of aromatic nitrogens is 3. The highest BCUT2D eigenvalue weighted by Crippen LogP contribution is 2.56. The van der Waals surface area contributed by atoms with Crippen molar-refractivity contribution in [2.75, 3.05) is 0 Å². The van der Waals surface area contributed by atoms with Crippen LogP contribution < -0.4 is 4.74 Å². The third kappa shape index (κ3) is 5.82. The minimum atomic E-state index is -0.506. The van der Waals surface area contributed by atoms with Crippen LogP contribution in [0.1, 0.15) is 23.6 Å². The Labute approximate surface area is 376 Å². The highest BCUT2D eigenvalue weighted by molar-refractivity contribution is 6.16.